The molecule has 1 saturated heterocycles. The monoisotopic (exact) mass is 188 g/mol. The van der Waals surface area contributed by atoms with Gasteiger partial charge in [-0.15, -0.1) is 0 Å². The van der Waals surface area contributed by atoms with Crippen LogP contribution in [0.3, 0.4) is 0 Å². The Balaban J connectivity index is 2.80. The molecule has 0 aromatic heterocycles. The molecule has 0 spiro atoms. The molecule has 4 atom stereocenters. The zero-order valence-corrected chi connectivity index (χ0v) is 9.16. The van der Waals surface area contributed by atoms with Gasteiger partial charge in [0, 0.05) is 20.1 Å². The van der Waals surface area contributed by atoms with Gasteiger partial charge in [-0.05, 0) is 13.3 Å². The van der Waals surface area contributed by atoms with Crippen molar-refractivity contribution in [3.63, 3.8) is 0 Å². The van der Waals surface area contributed by atoms with E-state index in [9.17, 15) is 0 Å². The van der Waals surface area contributed by atoms with E-state index in [1.54, 1.807) is 14.2 Å². The molecule has 1 aliphatic rings. The molecular formula is C10H20O3. The summed E-state index contributed by atoms with van der Waals surface area (Å²) in [5, 5.41) is 0. The predicted molar refractivity (Wildman–Crippen MR) is 50.5 cm³/mol. The van der Waals surface area contributed by atoms with E-state index >= 15 is 0 Å². The van der Waals surface area contributed by atoms with E-state index in [2.05, 4.69) is 13.8 Å². The fourth-order valence-corrected chi connectivity index (χ4v) is 2.02. The molecule has 0 radical (unpaired) electrons. The lowest BCUT2D eigenvalue weighted by molar-refractivity contribution is -0.192. The van der Waals surface area contributed by atoms with Crippen molar-refractivity contribution < 1.29 is 14.2 Å². The minimum atomic E-state index is -0.310. The van der Waals surface area contributed by atoms with E-state index in [1.165, 1.54) is 0 Å². The van der Waals surface area contributed by atoms with Crippen LogP contribution in [0.5, 0.6) is 0 Å². The average Bonchev–Trinajstić information content (AvgIpc) is 2.41. The summed E-state index contributed by atoms with van der Waals surface area (Å²) in [6.45, 7) is 6.31. The largest absolute Gasteiger partial charge is 0.373 e. The summed E-state index contributed by atoms with van der Waals surface area (Å²) in [7, 11) is 3.37. The summed E-state index contributed by atoms with van der Waals surface area (Å²) in [6.07, 6.45) is 1.01. The van der Waals surface area contributed by atoms with Crippen LogP contribution in [0.25, 0.3) is 0 Å². The van der Waals surface area contributed by atoms with E-state index in [1.807, 2.05) is 6.92 Å². The first kappa shape index (κ1) is 11.0. The fraction of sp³-hybridized carbons (Fsp3) is 1.00. The molecule has 3 heteroatoms. The molecule has 1 heterocycles. The molecular weight excluding hydrogens is 168 g/mol. The highest BCUT2D eigenvalue weighted by Gasteiger charge is 2.51. The van der Waals surface area contributed by atoms with Gasteiger partial charge >= 0.3 is 0 Å². The molecule has 1 unspecified atom stereocenters. The molecule has 0 aromatic carbocycles. The van der Waals surface area contributed by atoms with Gasteiger partial charge < -0.3 is 14.2 Å². The molecule has 1 aliphatic heterocycles. The topological polar surface area (TPSA) is 27.7 Å². The molecule has 78 valence electrons. The molecule has 1 fully saturated rings. The third-order valence-corrected chi connectivity index (χ3v) is 3.28. The third kappa shape index (κ3) is 1.60. The van der Waals surface area contributed by atoms with Crippen LogP contribution >= 0.6 is 0 Å². The Bertz CT molecular complexity index is 168. The van der Waals surface area contributed by atoms with Crippen molar-refractivity contribution in [3.8, 4) is 0 Å². The highest BCUT2D eigenvalue weighted by Crippen LogP contribution is 2.39. The Kier molecular flexibility index (Phi) is 3.33. The van der Waals surface area contributed by atoms with Crippen molar-refractivity contribution in [1.82, 2.24) is 0 Å². The van der Waals surface area contributed by atoms with Crippen LogP contribution in [0, 0.1) is 5.92 Å². The van der Waals surface area contributed by atoms with E-state index in [0.29, 0.717) is 5.92 Å². The lowest BCUT2D eigenvalue weighted by atomic mass is 9.87. The highest BCUT2D eigenvalue weighted by atomic mass is 16.7. The number of rotatable bonds is 3. The maximum absolute atomic E-state index is 5.73. The summed E-state index contributed by atoms with van der Waals surface area (Å²) in [5.41, 5.74) is -0.310. The van der Waals surface area contributed by atoms with Crippen molar-refractivity contribution in [2.45, 2.75) is 45.2 Å². The van der Waals surface area contributed by atoms with Crippen molar-refractivity contribution in [3.05, 3.63) is 0 Å². The number of hydrogen-bond acceptors (Lipinski definition) is 3. The summed E-state index contributed by atoms with van der Waals surface area (Å²) in [4.78, 5) is 0. The average molecular weight is 188 g/mol. The molecule has 0 aliphatic carbocycles. The Morgan fingerprint density at radius 1 is 1.38 bits per heavy atom. The maximum Gasteiger partial charge on any atom is 0.186 e. The minimum absolute atomic E-state index is 0.238. The lowest BCUT2D eigenvalue weighted by Crippen LogP contribution is -2.43. The van der Waals surface area contributed by atoms with Gasteiger partial charge in [-0.2, -0.15) is 0 Å². The zero-order chi connectivity index (χ0) is 10.1. The second kappa shape index (κ2) is 3.95. The second-order valence-corrected chi connectivity index (χ2v) is 3.83. The van der Waals surface area contributed by atoms with Gasteiger partial charge in [-0.1, -0.05) is 13.8 Å². The van der Waals surface area contributed by atoms with Crippen LogP contribution in [-0.2, 0) is 14.2 Å². The Labute approximate surface area is 80.4 Å². The normalized spacial score (nSPS) is 45.5. The van der Waals surface area contributed by atoms with E-state index in [-0.39, 0.29) is 18.0 Å². The van der Waals surface area contributed by atoms with Gasteiger partial charge in [0.05, 0.1) is 6.10 Å². The number of hydrogen-bond donors (Lipinski definition) is 0. The third-order valence-electron chi connectivity index (χ3n) is 3.28. The van der Waals surface area contributed by atoms with Crippen LogP contribution < -0.4 is 0 Å². The standard InChI is InChI=1S/C10H20O3/c1-6-8-7(2)10(3,12-5)9(11-4)13-8/h7-9H,6H2,1-5H3/t7-,8-,9?,10-/m1/s1. The van der Waals surface area contributed by atoms with Crippen molar-refractivity contribution in [2.75, 3.05) is 14.2 Å². The van der Waals surface area contributed by atoms with Crippen molar-refractivity contribution >= 4 is 0 Å². The fourth-order valence-electron chi connectivity index (χ4n) is 2.02. The first-order chi connectivity index (χ1) is 6.10. The summed E-state index contributed by atoms with van der Waals surface area (Å²) >= 11 is 0. The number of ether oxygens (including phenoxy) is 3. The van der Waals surface area contributed by atoms with Gasteiger partial charge in [-0.25, -0.2) is 0 Å². The molecule has 0 saturated carbocycles. The molecule has 3 nitrogen and oxygen atoms in total. The zero-order valence-electron chi connectivity index (χ0n) is 9.16. The molecule has 13 heavy (non-hydrogen) atoms. The van der Waals surface area contributed by atoms with E-state index in [0.717, 1.165) is 6.42 Å². The Morgan fingerprint density at radius 3 is 2.31 bits per heavy atom. The van der Waals surface area contributed by atoms with Gasteiger partial charge in [0.1, 0.15) is 5.60 Å². The quantitative estimate of drug-likeness (QED) is 0.676. The molecule has 0 amide bonds. The van der Waals surface area contributed by atoms with E-state index < -0.39 is 0 Å². The van der Waals surface area contributed by atoms with Crippen molar-refractivity contribution in [2.24, 2.45) is 5.92 Å². The lowest BCUT2D eigenvalue weighted by Gasteiger charge is -2.30. The van der Waals surface area contributed by atoms with Crippen LogP contribution in [0.2, 0.25) is 0 Å². The predicted octanol–water partition coefficient (Wildman–Crippen LogP) is 1.81. The second-order valence-electron chi connectivity index (χ2n) is 3.83. The van der Waals surface area contributed by atoms with Crippen LogP contribution in [0.1, 0.15) is 27.2 Å². The first-order valence-electron chi connectivity index (χ1n) is 4.83. The SMILES string of the molecule is CC[C@H]1OC(OC)[C@](C)(OC)[C@@H]1C. The smallest absolute Gasteiger partial charge is 0.186 e. The number of methoxy groups -OCH3 is 2. The molecule has 1 rings (SSSR count). The first-order valence-corrected chi connectivity index (χ1v) is 4.83. The maximum atomic E-state index is 5.73. The minimum Gasteiger partial charge on any atom is -0.373 e. The Morgan fingerprint density at radius 2 is 2.00 bits per heavy atom. The Hall–Kier alpha value is -0.120. The summed E-state index contributed by atoms with van der Waals surface area (Å²) < 4.78 is 16.5. The van der Waals surface area contributed by atoms with Gasteiger partial charge in [-0.3, -0.25) is 0 Å². The van der Waals surface area contributed by atoms with Gasteiger partial charge in [0.2, 0.25) is 0 Å². The van der Waals surface area contributed by atoms with Crippen molar-refractivity contribution in [1.29, 1.82) is 0 Å². The summed E-state index contributed by atoms with van der Waals surface area (Å²) in [5.74, 6) is 0.368. The van der Waals surface area contributed by atoms with E-state index in [4.69, 9.17) is 14.2 Å². The molecule has 0 N–H and O–H groups in total. The van der Waals surface area contributed by atoms with Gasteiger partial charge in [0.25, 0.3) is 0 Å². The van der Waals surface area contributed by atoms with Crippen LogP contribution in [0.4, 0.5) is 0 Å². The van der Waals surface area contributed by atoms with Gasteiger partial charge in [0.15, 0.2) is 6.29 Å². The van der Waals surface area contributed by atoms with Crippen LogP contribution in [-0.4, -0.2) is 32.2 Å². The summed E-state index contributed by atoms with van der Waals surface area (Å²) in [6, 6.07) is 0. The molecule has 0 bridgehead atoms. The molecule has 0 aromatic rings. The highest BCUT2D eigenvalue weighted by molar-refractivity contribution is 4.95. The van der Waals surface area contributed by atoms with Crippen LogP contribution in [0.15, 0.2) is 0 Å².